The number of hydrogen-bond acceptors (Lipinski definition) is 4. The summed E-state index contributed by atoms with van der Waals surface area (Å²) in [6.45, 7) is 1.11. The minimum atomic E-state index is -0.498. The highest BCUT2D eigenvalue weighted by Crippen LogP contribution is 2.31. The van der Waals surface area contributed by atoms with E-state index >= 15 is 0 Å². The van der Waals surface area contributed by atoms with Gasteiger partial charge in [-0.3, -0.25) is 4.79 Å². The maximum Gasteiger partial charge on any atom is 0.195 e. The number of fused-ring (bicyclic) bond motifs is 1. The minimum Gasteiger partial charge on any atom is -0.490 e. The molecule has 0 saturated carbocycles. The summed E-state index contributed by atoms with van der Waals surface area (Å²) in [6.07, 6.45) is 0.787. The zero-order valence-corrected chi connectivity index (χ0v) is 11.3. The van der Waals surface area contributed by atoms with E-state index in [-0.39, 0.29) is 17.0 Å². The fourth-order valence-corrected chi connectivity index (χ4v) is 2.19. The summed E-state index contributed by atoms with van der Waals surface area (Å²) < 4.78 is 24.4. The van der Waals surface area contributed by atoms with Crippen LogP contribution in [0.15, 0.2) is 36.4 Å². The van der Waals surface area contributed by atoms with Crippen molar-refractivity contribution in [2.24, 2.45) is 0 Å². The number of nitrogen functional groups attached to an aromatic ring is 1. The average Bonchev–Trinajstić information content (AvgIpc) is 2.73. The van der Waals surface area contributed by atoms with Crippen molar-refractivity contribution in [1.29, 1.82) is 0 Å². The van der Waals surface area contributed by atoms with Gasteiger partial charge in [-0.2, -0.15) is 0 Å². The Hall–Kier alpha value is -2.56. The number of carbonyl (C=O) groups excluding carboxylic acids is 1. The molecule has 2 aromatic carbocycles. The SMILES string of the molecule is Nc1ccc(F)cc1C(=O)c1ccc2c(c1)OCCCO2. The number of ether oxygens (including phenoxy) is 2. The number of carbonyl (C=O) groups is 1. The maximum atomic E-state index is 13.3. The van der Waals surface area contributed by atoms with E-state index < -0.39 is 5.82 Å². The number of halogens is 1. The molecule has 0 fully saturated rings. The molecule has 3 rings (SSSR count). The van der Waals surface area contributed by atoms with Gasteiger partial charge < -0.3 is 15.2 Å². The van der Waals surface area contributed by atoms with E-state index in [0.29, 0.717) is 30.3 Å². The first-order chi connectivity index (χ1) is 10.1. The number of nitrogens with two attached hydrogens (primary N) is 1. The summed E-state index contributed by atoms with van der Waals surface area (Å²) in [7, 11) is 0. The third-order valence-electron chi connectivity index (χ3n) is 3.27. The summed E-state index contributed by atoms with van der Waals surface area (Å²) in [5, 5.41) is 0. The Balaban J connectivity index is 1.98. The first kappa shape index (κ1) is 13.4. The molecule has 0 aliphatic carbocycles. The smallest absolute Gasteiger partial charge is 0.195 e. The van der Waals surface area contributed by atoms with Crippen molar-refractivity contribution in [3.05, 3.63) is 53.3 Å². The minimum absolute atomic E-state index is 0.143. The molecule has 0 aromatic heterocycles. The van der Waals surface area contributed by atoms with Crippen LogP contribution in [0.25, 0.3) is 0 Å². The van der Waals surface area contributed by atoms with E-state index in [1.807, 2.05) is 0 Å². The van der Waals surface area contributed by atoms with Crippen LogP contribution in [0.3, 0.4) is 0 Å². The molecule has 1 aliphatic heterocycles. The van der Waals surface area contributed by atoms with Crippen LogP contribution < -0.4 is 15.2 Å². The Morgan fingerprint density at radius 3 is 2.62 bits per heavy atom. The molecule has 0 spiro atoms. The van der Waals surface area contributed by atoms with Gasteiger partial charge in [0.05, 0.1) is 13.2 Å². The van der Waals surface area contributed by atoms with E-state index in [1.165, 1.54) is 12.1 Å². The Labute approximate surface area is 121 Å². The van der Waals surface area contributed by atoms with E-state index in [9.17, 15) is 9.18 Å². The van der Waals surface area contributed by atoms with Gasteiger partial charge in [0.1, 0.15) is 5.82 Å². The van der Waals surface area contributed by atoms with Crippen LogP contribution in [0.5, 0.6) is 11.5 Å². The van der Waals surface area contributed by atoms with Crippen molar-refractivity contribution in [2.45, 2.75) is 6.42 Å². The van der Waals surface area contributed by atoms with Crippen molar-refractivity contribution >= 4 is 11.5 Å². The second-order valence-electron chi connectivity index (χ2n) is 4.77. The molecule has 0 atom stereocenters. The van der Waals surface area contributed by atoms with Gasteiger partial charge in [-0.1, -0.05) is 0 Å². The molecule has 0 amide bonds. The lowest BCUT2D eigenvalue weighted by molar-refractivity contribution is 0.103. The second kappa shape index (κ2) is 5.44. The zero-order valence-electron chi connectivity index (χ0n) is 11.3. The van der Waals surface area contributed by atoms with Gasteiger partial charge >= 0.3 is 0 Å². The second-order valence-corrected chi connectivity index (χ2v) is 4.77. The van der Waals surface area contributed by atoms with Crippen molar-refractivity contribution in [1.82, 2.24) is 0 Å². The first-order valence-corrected chi connectivity index (χ1v) is 6.64. The van der Waals surface area contributed by atoms with Gasteiger partial charge in [0.25, 0.3) is 0 Å². The lowest BCUT2D eigenvalue weighted by Gasteiger charge is -2.10. The van der Waals surface area contributed by atoms with E-state index in [0.717, 1.165) is 12.5 Å². The molecular formula is C16H14FNO3. The summed E-state index contributed by atoms with van der Waals surface area (Å²) in [5.41, 5.74) is 6.52. The molecule has 1 aliphatic rings. The highest BCUT2D eigenvalue weighted by molar-refractivity contribution is 6.12. The highest BCUT2D eigenvalue weighted by atomic mass is 19.1. The molecule has 0 radical (unpaired) electrons. The van der Waals surface area contributed by atoms with Crippen LogP contribution >= 0.6 is 0 Å². The fourth-order valence-electron chi connectivity index (χ4n) is 2.19. The molecule has 0 saturated heterocycles. The number of anilines is 1. The first-order valence-electron chi connectivity index (χ1n) is 6.64. The summed E-state index contributed by atoms with van der Waals surface area (Å²) in [4.78, 5) is 12.4. The van der Waals surface area contributed by atoms with Crippen LogP contribution in [0.2, 0.25) is 0 Å². The van der Waals surface area contributed by atoms with Gasteiger partial charge in [0, 0.05) is 23.2 Å². The largest absolute Gasteiger partial charge is 0.490 e. The number of rotatable bonds is 2. The highest BCUT2D eigenvalue weighted by Gasteiger charge is 2.17. The van der Waals surface area contributed by atoms with Crippen molar-refractivity contribution < 1.29 is 18.7 Å². The molecule has 2 N–H and O–H groups in total. The van der Waals surface area contributed by atoms with Crippen LogP contribution in [0.1, 0.15) is 22.3 Å². The van der Waals surface area contributed by atoms with E-state index in [1.54, 1.807) is 18.2 Å². The monoisotopic (exact) mass is 287 g/mol. The standard InChI is InChI=1S/C16H14FNO3/c17-11-3-4-13(18)12(9-11)16(19)10-2-5-14-15(8-10)21-7-1-6-20-14/h2-5,8-9H,1,6-7,18H2. The lowest BCUT2D eigenvalue weighted by Crippen LogP contribution is -2.06. The Kier molecular flexibility index (Phi) is 3.48. The molecule has 108 valence electrons. The van der Waals surface area contributed by atoms with Crippen molar-refractivity contribution in [3.8, 4) is 11.5 Å². The number of benzene rings is 2. The Morgan fingerprint density at radius 1 is 1.05 bits per heavy atom. The fraction of sp³-hybridized carbons (Fsp3) is 0.188. The predicted octanol–water partition coefficient (Wildman–Crippen LogP) is 2.80. The third kappa shape index (κ3) is 2.67. The topological polar surface area (TPSA) is 61.6 Å². The maximum absolute atomic E-state index is 13.3. The summed E-state index contributed by atoms with van der Waals surface area (Å²) in [6, 6.07) is 8.66. The molecule has 1 heterocycles. The Bertz CT molecular complexity index is 700. The van der Waals surface area contributed by atoms with Gasteiger partial charge in [0.2, 0.25) is 0 Å². The molecule has 5 heteroatoms. The summed E-state index contributed by atoms with van der Waals surface area (Å²) >= 11 is 0. The lowest BCUT2D eigenvalue weighted by atomic mass is 10.0. The quantitative estimate of drug-likeness (QED) is 0.681. The number of ketones is 1. The molecule has 4 nitrogen and oxygen atoms in total. The van der Waals surface area contributed by atoms with Crippen LogP contribution in [-0.2, 0) is 0 Å². The molecule has 0 unspecified atom stereocenters. The van der Waals surface area contributed by atoms with Crippen LogP contribution in [0, 0.1) is 5.82 Å². The van der Waals surface area contributed by atoms with E-state index in [4.69, 9.17) is 15.2 Å². The van der Waals surface area contributed by atoms with Crippen LogP contribution in [0.4, 0.5) is 10.1 Å². The predicted molar refractivity (Wildman–Crippen MR) is 76.3 cm³/mol. The van der Waals surface area contributed by atoms with E-state index in [2.05, 4.69) is 0 Å². The van der Waals surface area contributed by atoms with Crippen molar-refractivity contribution in [3.63, 3.8) is 0 Å². The van der Waals surface area contributed by atoms with Crippen LogP contribution in [-0.4, -0.2) is 19.0 Å². The average molecular weight is 287 g/mol. The molecule has 2 aromatic rings. The number of hydrogen-bond donors (Lipinski definition) is 1. The van der Waals surface area contributed by atoms with Crippen molar-refractivity contribution in [2.75, 3.05) is 18.9 Å². The zero-order chi connectivity index (χ0) is 14.8. The third-order valence-corrected chi connectivity index (χ3v) is 3.27. The normalized spacial score (nSPS) is 13.6. The Morgan fingerprint density at radius 2 is 1.81 bits per heavy atom. The molecular weight excluding hydrogens is 273 g/mol. The van der Waals surface area contributed by atoms with Gasteiger partial charge in [-0.15, -0.1) is 0 Å². The van der Waals surface area contributed by atoms with Gasteiger partial charge in [-0.05, 0) is 36.4 Å². The molecule has 21 heavy (non-hydrogen) atoms. The van der Waals surface area contributed by atoms with Gasteiger partial charge in [0.15, 0.2) is 17.3 Å². The molecule has 0 bridgehead atoms. The summed E-state index contributed by atoms with van der Waals surface area (Å²) in [5.74, 6) is 0.286. The van der Waals surface area contributed by atoms with Gasteiger partial charge in [-0.25, -0.2) is 4.39 Å².